The molecule has 3 aromatic rings. The first kappa shape index (κ1) is 20.2. The Morgan fingerprint density at radius 2 is 1.72 bits per heavy atom. The van der Waals surface area contributed by atoms with Crippen LogP contribution in [0.5, 0.6) is 0 Å². The van der Waals surface area contributed by atoms with Gasteiger partial charge in [-0.2, -0.15) is 5.26 Å². The Morgan fingerprint density at radius 3 is 2.34 bits per heavy atom. The quantitative estimate of drug-likeness (QED) is 0.425. The van der Waals surface area contributed by atoms with Crippen LogP contribution < -0.4 is 10.2 Å². The second-order valence-electron chi connectivity index (χ2n) is 6.52. The maximum Gasteiger partial charge on any atom is 0.267 e. The van der Waals surface area contributed by atoms with Crippen molar-refractivity contribution in [3.05, 3.63) is 107 Å². The SMILES string of the molecule is Cc1ccc(NC(=O)/C(C#N)=C\N(Cc2ccccc2)c2ccccc2)cc1Cl. The molecular formula is C24H20ClN3O. The van der Waals surface area contributed by atoms with Gasteiger partial charge in [0, 0.05) is 29.1 Å². The lowest BCUT2D eigenvalue weighted by molar-refractivity contribution is -0.112. The normalized spacial score (nSPS) is 10.9. The van der Waals surface area contributed by atoms with Gasteiger partial charge in [0.2, 0.25) is 0 Å². The average Bonchev–Trinajstić information content (AvgIpc) is 2.75. The number of aryl methyl sites for hydroxylation is 1. The molecule has 3 aromatic carbocycles. The van der Waals surface area contributed by atoms with Crippen molar-refractivity contribution in [3.8, 4) is 6.07 Å². The van der Waals surface area contributed by atoms with Crippen LogP contribution in [-0.4, -0.2) is 5.91 Å². The third-order valence-electron chi connectivity index (χ3n) is 4.36. The summed E-state index contributed by atoms with van der Waals surface area (Å²) in [5, 5.41) is 12.9. The highest BCUT2D eigenvalue weighted by Gasteiger charge is 2.14. The van der Waals surface area contributed by atoms with Crippen LogP contribution in [0.3, 0.4) is 0 Å². The first-order chi connectivity index (χ1) is 14.1. The van der Waals surface area contributed by atoms with Crippen molar-refractivity contribution >= 4 is 28.9 Å². The summed E-state index contributed by atoms with van der Waals surface area (Å²) >= 11 is 6.13. The van der Waals surface area contributed by atoms with Gasteiger partial charge in [0.05, 0.1) is 0 Å². The van der Waals surface area contributed by atoms with Crippen molar-refractivity contribution in [2.75, 3.05) is 10.2 Å². The molecule has 0 radical (unpaired) electrons. The van der Waals surface area contributed by atoms with E-state index in [-0.39, 0.29) is 5.57 Å². The van der Waals surface area contributed by atoms with Gasteiger partial charge in [0.1, 0.15) is 11.6 Å². The second-order valence-corrected chi connectivity index (χ2v) is 6.93. The van der Waals surface area contributed by atoms with Gasteiger partial charge in [-0.15, -0.1) is 0 Å². The molecule has 0 aliphatic heterocycles. The second kappa shape index (κ2) is 9.59. The number of carbonyl (C=O) groups is 1. The van der Waals surface area contributed by atoms with Crippen LogP contribution in [0.15, 0.2) is 90.6 Å². The topological polar surface area (TPSA) is 56.1 Å². The van der Waals surface area contributed by atoms with E-state index in [1.165, 1.54) is 0 Å². The summed E-state index contributed by atoms with van der Waals surface area (Å²) in [6, 6.07) is 26.8. The van der Waals surface area contributed by atoms with Gasteiger partial charge in [-0.05, 0) is 42.3 Å². The van der Waals surface area contributed by atoms with E-state index in [0.29, 0.717) is 17.3 Å². The molecule has 29 heavy (non-hydrogen) atoms. The zero-order valence-electron chi connectivity index (χ0n) is 16.0. The molecule has 5 heteroatoms. The highest BCUT2D eigenvalue weighted by molar-refractivity contribution is 6.31. The number of carbonyl (C=O) groups excluding carboxylic acids is 1. The predicted molar refractivity (Wildman–Crippen MR) is 118 cm³/mol. The fourth-order valence-electron chi connectivity index (χ4n) is 2.77. The Hall–Kier alpha value is -3.55. The Bertz CT molecular complexity index is 1060. The van der Waals surface area contributed by atoms with E-state index in [1.54, 1.807) is 18.3 Å². The largest absolute Gasteiger partial charge is 0.342 e. The first-order valence-corrected chi connectivity index (χ1v) is 9.49. The molecule has 4 nitrogen and oxygen atoms in total. The standard InChI is InChI=1S/C24H20ClN3O/c1-18-12-13-21(14-23(18)25)27-24(29)20(15-26)17-28(22-10-6-3-7-11-22)16-19-8-4-2-5-9-19/h2-14,17H,16H2,1H3,(H,27,29)/b20-17-. The van der Waals surface area contributed by atoms with Gasteiger partial charge in [0.15, 0.2) is 0 Å². The van der Waals surface area contributed by atoms with Crippen LogP contribution in [0.4, 0.5) is 11.4 Å². The number of benzene rings is 3. The Morgan fingerprint density at radius 1 is 1.07 bits per heavy atom. The molecule has 0 aliphatic rings. The summed E-state index contributed by atoms with van der Waals surface area (Å²) in [4.78, 5) is 14.6. The maximum absolute atomic E-state index is 12.7. The fourth-order valence-corrected chi connectivity index (χ4v) is 2.95. The van der Waals surface area contributed by atoms with Crippen LogP contribution in [0.1, 0.15) is 11.1 Å². The summed E-state index contributed by atoms with van der Waals surface area (Å²) in [5.41, 5.74) is 3.41. The van der Waals surface area contributed by atoms with Gasteiger partial charge in [-0.25, -0.2) is 0 Å². The molecule has 1 amide bonds. The van der Waals surface area contributed by atoms with Crippen molar-refractivity contribution in [3.63, 3.8) is 0 Å². The fraction of sp³-hybridized carbons (Fsp3) is 0.0833. The Labute approximate surface area is 175 Å². The molecule has 0 aliphatic carbocycles. The van der Waals surface area contributed by atoms with Crippen molar-refractivity contribution < 1.29 is 4.79 Å². The number of amides is 1. The minimum atomic E-state index is -0.485. The van der Waals surface area contributed by atoms with E-state index in [4.69, 9.17) is 11.6 Å². The molecule has 0 aromatic heterocycles. The van der Waals surface area contributed by atoms with Gasteiger partial charge in [0.25, 0.3) is 5.91 Å². The first-order valence-electron chi connectivity index (χ1n) is 9.12. The Kier molecular flexibility index (Phi) is 6.67. The van der Waals surface area contributed by atoms with E-state index >= 15 is 0 Å². The lowest BCUT2D eigenvalue weighted by Gasteiger charge is -2.21. The number of nitrogens with zero attached hydrogens (tertiary/aromatic N) is 2. The molecule has 0 spiro atoms. The number of hydrogen-bond acceptors (Lipinski definition) is 3. The lowest BCUT2D eigenvalue weighted by atomic mass is 10.2. The number of hydrogen-bond donors (Lipinski definition) is 1. The summed E-state index contributed by atoms with van der Waals surface area (Å²) in [6.07, 6.45) is 1.58. The molecule has 0 saturated heterocycles. The zero-order valence-corrected chi connectivity index (χ0v) is 16.7. The van der Waals surface area contributed by atoms with Crippen molar-refractivity contribution in [1.82, 2.24) is 0 Å². The number of nitrogens with one attached hydrogen (secondary N) is 1. The van der Waals surface area contributed by atoms with E-state index in [0.717, 1.165) is 16.8 Å². The molecular weight excluding hydrogens is 382 g/mol. The van der Waals surface area contributed by atoms with Crippen molar-refractivity contribution in [2.24, 2.45) is 0 Å². The van der Waals surface area contributed by atoms with Gasteiger partial charge in [-0.1, -0.05) is 66.2 Å². The molecule has 0 bridgehead atoms. The van der Waals surface area contributed by atoms with Gasteiger partial charge >= 0.3 is 0 Å². The lowest BCUT2D eigenvalue weighted by Crippen LogP contribution is -2.20. The summed E-state index contributed by atoms with van der Waals surface area (Å²) < 4.78 is 0. The maximum atomic E-state index is 12.7. The third kappa shape index (κ3) is 5.47. The van der Waals surface area contributed by atoms with Gasteiger partial charge in [-0.3, -0.25) is 4.79 Å². The molecule has 0 heterocycles. The highest BCUT2D eigenvalue weighted by atomic mass is 35.5. The average molecular weight is 402 g/mol. The number of rotatable bonds is 6. The number of para-hydroxylation sites is 1. The van der Waals surface area contributed by atoms with Crippen LogP contribution in [0, 0.1) is 18.3 Å². The molecule has 0 unspecified atom stereocenters. The summed E-state index contributed by atoms with van der Waals surface area (Å²) in [7, 11) is 0. The van der Waals surface area contributed by atoms with Gasteiger partial charge < -0.3 is 10.2 Å². The number of anilines is 2. The van der Waals surface area contributed by atoms with Crippen LogP contribution in [0.2, 0.25) is 5.02 Å². The Balaban J connectivity index is 1.88. The number of halogens is 1. The van der Waals surface area contributed by atoms with Crippen LogP contribution in [-0.2, 0) is 11.3 Å². The molecule has 144 valence electrons. The van der Waals surface area contributed by atoms with Crippen LogP contribution in [0.25, 0.3) is 0 Å². The molecule has 0 saturated carbocycles. The van der Waals surface area contributed by atoms with E-state index in [9.17, 15) is 10.1 Å². The summed E-state index contributed by atoms with van der Waals surface area (Å²) in [5.74, 6) is -0.485. The van der Waals surface area contributed by atoms with Crippen LogP contribution >= 0.6 is 11.6 Å². The molecule has 3 rings (SSSR count). The summed E-state index contributed by atoms with van der Waals surface area (Å²) in [6.45, 7) is 2.41. The van der Waals surface area contributed by atoms with E-state index < -0.39 is 5.91 Å². The third-order valence-corrected chi connectivity index (χ3v) is 4.77. The van der Waals surface area contributed by atoms with Crippen molar-refractivity contribution in [2.45, 2.75) is 13.5 Å². The van der Waals surface area contributed by atoms with Crippen molar-refractivity contribution in [1.29, 1.82) is 5.26 Å². The minimum Gasteiger partial charge on any atom is -0.342 e. The van der Waals surface area contributed by atoms with E-state index in [1.807, 2.05) is 84.6 Å². The van der Waals surface area contributed by atoms with E-state index in [2.05, 4.69) is 5.32 Å². The zero-order chi connectivity index (χ0) is 20.6. The minimum absolute atomic E-state index is 0.00137. The monoisotopic (exact) mass is 401 g/mol. The number of nitriles is 1. The highest BCUT2D eigenvalue weighted by Crippen LogP contribution is 2.22. The molecule has 1 N–H and O–H groups in total. The smallest absolute Gasteiger partial charge is 0.267 e. The predicted octanol–water partition coefficient (Wildman–Crippen LogP) is 5.70. The molecule has 0 fully saturated rings. The molecule has 0 atom stereocenters.